The van der Waals surface area contributed by atoms with E-state index >= 15 is 0 Å². The number of nitrogens with zero attached hydrogens (tertiary/aromatic N) is 3. The van der Waals surface area contributed by atoms with E-state index in [2.05, 4.69) is 4.98 Å². The quantitative estimate of drug-likeness (QED) is 0.616. The number of alkyl halides is 3. The fourth-order valence-electron chi connectivity index (χ4n) is 3.69. The Hall–Kier alpha value is -2.68. The summed E-state index contributed by atoms with van der Waals surface area (Å²) in [6.07, 6.45) is -3.30. The number of hydrogen-bond donors (Lipinski definition) is 0. The molecule has 0 saturated carbocycles. The van der Waals surface area contributed by atoms with Crippen LogP contribution >= 0.6 is 11.6 Å². The van der Waals surface area contributed by atoms with Gasteiger partial charge in [0.15, 0.2) is 11.6 Å². The lowest BCUT2D eigenvalue weighted by Gasteiger charge is -2.44. The molecule has 2 heterocycles. The second kappa shape index (κ2) is 8.45. The van der Waals surface area contributed by atoms with Gasteiger partial charge in [0.1, 0.15) is 12.6 Å². The van der Waals surface area contributed by atoms with Crippen LogP contribution in [0, 0.1) is 11.7 Å². The molecule has 1 aliphatic heterocycles. The summed E-state index contributed by atoms with van der Waals surface area (Å²) in [7, 11) is 0. The molecule has 1 aliphatic rings. The minimum Gasteiger partial charge on any atom is -0.322 e. The van der Waals surface area contributed by atoms with Crippen LogP contribution in [-0.2, 0) is 15.8 Å². The molecule has 10 heteroatoms. The molecule has 2 aromatic rings. The third-order valence-corrected chi connectivity index (χ3v) is 5.42. The van der Waals surface area contributed by atoms with Gasteiger partial charge in [0.05, 0.1) is 16.6 Å². The van der Waals surface area contributed by atoms with E-state index in [1.807, 2.05) is 0 Å². The van der Waals surface area contributed by atoms with Crippen LogP contribution in [0.25, 0.3) is 0 Å². The fraction of sp³-hybridized carbons (Fsp3) is 0.381. The van der Waals surface area contributed by atoms with Gasteiger partial charge in [-0.25, -0.2) is 9.37 Å². The Kier molecular flexibility index (Phi) is 6.27. The Morgan fingerprint density at radius 2 is 1.74 bits per heavy atom. The van der Waals surface area contributed by atoms with E-state index in [1.165, 1.54) is 23.2 Å². The first-order chi connectivity index (χ1) is 14.4. The van der Waals surface area contributed by atoms with E-state index in [1.54, 1.807) is 20.8 Å². The highest BCUT2D eigenvalue weighted by Crippen LogP contribution is 2.34. The van der Waals surface area contributed by atoms with Gasteiger partial charge in [0, 0.05) is 6.20 Å². The molecule has 1 saturated heterocycles. The molecule has 1 aromatic carbocycles. The molecule has 1 aromatic heterocycles. The Morgan fingerprint density at radius 3 is 2.26 bits per heavy atom. The summed E-state index contributed by atoms with van der Waals surface area (Å²) < 4.78 is 52.9. The van der Waals surface area contributed by atoms with E-state index < -0.39 is 48.0 Å². The zero-order chi connectivity index (χ0) is 23.1. The first-order valence-corrected chi connectivity index (χ1v) is 9.90. The van der Waals surface area contributed by atoms with Gasteiger partial charge >= 0.3 is 6.18 Å². The monoisotopic (exact) mass is 457 g/mol. The second-order valence-electron chi connectivity index (χ2n) is 7.67. The fourth-order valence-corrected chi connectivity index (χ4v) is 3.83. The molecule has 0 radical (unpaired) electrons. The van der Waals surface area contributed by atoms with E-state index in [4.69, 9.17) is 11.6 Å². The first kappa shape index (κ1) is 23.0. The molecule has 31 heavy (non-hydrogen) atoms. The Morgan fingerprint density at radius 1 is 1.13 bits per heavy atom. The Labute approximate surface area is 181 Å². The summed E-state index contributed by atoms with van der Waals surface area (Å²) in [5.41, 5.74) is -0.357. The van der Waals surface area contributed by atoms with Gasteiger partial charge < -0.3 is 4.90 Å². The van der Waals surface area contributed by atoms with Crippen LogP contribution in [0.15, 0.2) is 36.5 Å². The molecule has 2 amide bonds. The molecule has 0 N–H and O–H groups in total. The van der Waals surface area contributed by atoms with E-state index in [0.717, 1.165) is 23.1 Å². The van der Waals surface area contributed by atoms with Crippen molar-refractivity contribution in [2.45, 2.75) is 39.0 Å². The number of hydrogen-bond acceptors (Lipinski definition) is 3. The minimum absolute atomic E-state index is 0.0509. The number of amides is 2. The van der Waals surface area contributed by atoms with Gasteiger partial charge in [-0.05, 0) is 36.6 Å². The third kappa shape index (κ3) is 4.51. The van der Waals surface area contributed by atoms with Gasteiger partial charge in [-0.1, -0.05) is 37.6 Å². The lowest BCUT2D eigenvalue weighted by atomic mass is 9.94. The summed E-state index contributed by atoms with van der Waals surface area (Å²) in [5.74, 6) is -2.47. The van der Waals surface area contributed by atoms with Gasteiger partial charge in [0.2, 0.25) is 5.91 Å². The summed E-state index contributed by atoms with van der Waals surface area (Å²) in [5, 5.41) is 0.0509. The minimum atomic E-state index is -4.48. The first-order valence-electron chi connectivity index (χ1n) is 9.52. The van der Waals surface area contributed by atoms with Crippen molar-refractivity contribution in [2.24, 2.45) is 5.92 Å². The average Bonchev–Trinajstić information content (AvgIpc) is 2.68. The summed E-state index contributed by atoms with van der Waals surface area (Å²) in [4.78, 5) is 32.4. The third-order valence-electron chi connectivity index (χ3n) is 5.21. The van der Waals surface area contributed by atoms with Crippen LogP contribution in [-0.4, -0.2) is 34.3 Å². The number of rotatable bonds is 4. The molecule has 2 atom stereocenters. The van der Waals surface area contributed by atoms with Crippen LogP contribution in [0.2, 0.25) is 5.02 Å². The van der Waals surface area contributed by atoms with Crippen molar-refractivity contribution in [2.75, 3.05) is 11.4 Å². The number of benzene rings is 1. The second-order valence-corrected chi connectivity index (χ2v) is 8.11. The number of piperazine rings is 1. The van der Waals surface area contributed by atoms with E-state index in [0.29, 0.717) is 5.56 Å². The highest BCUT2D eigenvalue weighted by Gasteiger charge is 2.45. The van der Waals surface area contributed by atoms with Crippen molar-refractivity contribution in [3.05, 3.63) is 58.5 Å². The maximum atomic E-state index is 14.4. The van der Waals surface area contributed by atoms with Crippen molar-refractivity contribution < 1.29 is 27.2 Å². The SMILES string of the molecule is CC(C)[C@@H]1C(=O)N(c2ncc(Cl)cc2F)CC(=O)N1C(C)c1ccc(C(F)(F)F)cc1. The summed E-state index contributed by atoms with van der Waals surface area (Å²) >= 11 is 5.72. The Balaban J connectivity index is 1.94. The lowest BCUT2D eigenvalue weighted by molar-refractivity contribution is -0.147. The van der Waals surface area contributed by atoms with Crippen molar-refractivity contribution in [3.63, 3.8) is 0 Å². The van der Waals surface area contributed by atoms with Crippen molar-refractivity contribution in [3.8, 4) is 0 Å². The number of anilines is 1. The van der Waals surface area contributed by atoms with Crippen LogP contribution in [0.3, 0.4) is 0 Å². The lowest BCUT2D eigenvalue weighted by Crippen LogP contribution is -2.62. The predicted molar refractivity (Wildman–Crippen MR) is 107 cm³/mol. The molecular formula is C21H20ClF4N3O2. The van der Waals surface area contributed by atoms with Crippen molar-refractivity contribution in [1.82, 2.24) is 9.88 Å². The molecule has 0 bridgehead atoms. The topological polar surface area (TPSA) is 53.5 Å². The van der Waals surface area contributed by atoms with E-state index in [9.17, 15) is 27.2 Å². The summed E-state index contributed by atoms with van der Waals surface area (Å²) in [6, 6.07) is 3.83. The number of carbonyl (C=O) groups excluding carboxylic acids is 2. The number of carbonyl (C=O) groups is 2. The van der Waals surface area contributed by atoms with Crippen molar-refractivity contribution >= 4 is 29.2 Å². The number of halogens is 5. The van der Waals surface area contributed by atoms with Gasteiger partial charge in [-0.3, -0.25) is 14.5 Å². The molecule has 0 aliphatic carbocycles. The normalized spacial score (nSPS) is 18.7. The van der Waals surface area contributed by atoms with Crippen molar-refractivity contribution in [1.29, 1.82) is 0 Å². The molecule has 1 fully saturated rings. The molecule has 1 unspecified atom stereocenters. The van der Waals surface area contributed by atoms with Crippen LogP contribution in [0.5, 0.6) is 0 Å². The molecule has 166 valence electrons. The molecule has 0 spiro atoms. The van der Waals surface area contributed by atoms with Gasteiger partial charge in [-0.2, -0.15) is 13.2 Å². The van der Waals surface area contributed by atoms with Gasteiger partial charge in [-0.15, -0.1) is 0 Å². The van der Waals surface area contributed by atoms with Crippen LogP contribution in [0.4, 0.5) is 23.4 Å². The maximum Gasteiger partial charge on any atom is 0.416 e. The van der Waals surface area contributed by atoms with E-state index in [-0.39, 0.29) is 16.8 Å². The van der Waals surface area contributed by atoms with Gasteiger partial charge in [0.25, 0.3) is 5.91 Å². The van der Waals surface area contributed by atoms with Crippen LogP contribution < -0.4 is 4.90 Å². The molecular weight excluding hydrogens is 438 g/mol. The highest BCUT2D eigenvalue weighted by molar-refractivity contribution is 6.30. The highest BCUT2D eigenvalue weighted by atomic mass is 35.5. The summed E-state index contributed by atoms with van der Waals surface area (Å²) in [6.45, 7) is 4.66. The zero-order valence-electron chi connectivity index (χ0n) is 17.0. The van der Waals surface area contributed by atoms with Crippen LogP contribution in [0.1, 0.15) is 37.9 Å². The number of aromatic nitrogens is 1. The zero-order valence-corrected chi connectivity index (χ0v) is 17.7. The molecule has 3 rings (SSSR count). The smallest absolute Gasteiger partial charge is 0.322 e. The number of pyridine rings is 1. The standard InChI is InChI=1S/C21H20ClF4N3O2/c1-11(2)18-20(31)28(19-16(23)8-15(22)9-27-19)10-17(30)29(18)12(3)13-4-6-14(7-5-13)21(24,25)26/h4-9,11-12,18H,10H2,1-3H3/t12?,18-/m1/s1. The maximum absolute atomic E-state index is 14.4. The average molecular weight is 458 g/mol. The molecule has 5 nitrogen and oxygen atoms in total. The predicted octanol–water partition coefficient (Wildman–Crippen LogP) is 4.85. The largest absolute Gasteiger partial charge is 0.416 e. The Bertz CT molecular complexity index is 995.